The highest BCUT2D eigenvalue weighted by Crippen LogP contribution is 2.19. The van der Waals surface area contributed by atoms with E-state index >= 15 is 0 Å². The van der Waals surface area contributed by atoms with Crippen LogP contribution in [0.15, 0.2) is 12.1 Å². The number of aliphatic hydroxyl groups is 1. The van der Waals surface area contributed by atoms with Gasteiger partial charge in [0.15, 0.2) is 0 Å². The molecule has 1 N–H and O–H groups in total. The summed E-state index contributed by atoms with van der Waals surface area (Å²) in [7, 11) is 0. The highest BCUT2D eigenvalue weighted by atomic mass is 127. The van der Waals surface area contributed by atoms with Crippen molar-refractivity contribution < 1.29 is 9.50 Å². The van der Waals surface area contributed by atoms with Crippen LogP contribution in [-0.2, 0) is 6.61 Å². The van der Waals surface area contributed by atoms with Gasteiger partial charge in [-0.15, -0.1) is 0 Å². The lowest BCUT2D eigenvalue weighted by Gasteiger charge is -2.02. The summed E-state index contributed by atoms with van der Waals surface area (Å²) in [5.74, 6) is -0.542. The van der Waals surface area contributed by atoms with Crippen LogP contribution >= 0.6 is 22.6 Å². The van der Waals surface area contributed by atoms with Crippen LogP contribution in [0.1, 0.15) is 11.1 Å². The normalized spacial score (nSPS) is 9.50. The van der Waals surface area contributed by atoms with Crippen molar-refractivity contribution in [1.29, 1.82) is 5.26 Å². The number of halogens is 2. The first kappa shape index (κ1) is 9.42. The molecule has 0 atom stereocenters. The Labute approximate surface area is 82.8 Å². The highest BCUT2D eigenvalue weighted by Gasteiger charge is 2.09. The van der Waals surface area contributed by atoms with Gasteiger partial charge in [-0.2, -0.15) is 5.26 Å². The zero-order chi connectivity index (χ0) is 9.14. The van der Waals surface area contributed by atoms with E-state index in [4.69, 9.17) is 10.4 Å². The molecule has 0 fully saturated rings. The number of aliphatic hydroxyl groups excluding tert-OH is 1. The van der Waals surface area contributed by atoms with Crippen molar-refractivity contribution in [2.45, 2.75) is 6.61 Å². The van der Waals surface area contributed by atoms with Gasteiger partial charge in [-0.3, -0.25) is 0 Å². The average Bonchev–Trinajstić information content (AvgIpc) is 2.06. The van der Waals surface area contributed by atoms with Gasteiger partial charge in [0.05, 0.1) is 6.61 Å². The van der Waals surface area contributed by atoms with E-state index in [1.807, 2.05) is 22.6 Å². The SMILES string of the molecule is N#Cc1c(F)ccc(CO)c1I. The number of hydrogen-bond acceptors (Lipinski definition) is 2. The smallest absolute Gasteiger partial charge is 0.142 e. The van der Waals surface area contributed by atoms with Gasteiger partial charge in [-0.1, -0.05) is 6.07 Å². The van der Waals surface area contributed by atoms with Crippen LogP contribution in [0.4, 0.5) is 4.39 Å². The molecule has 0 aliphatic rings. The van der Waals surface area contributed by atoms with E-state index in [1.54, 1.807) is 6.07 Å². The number of rotatable bonds is 1. The van der Waals surface area contributed by atoms with E-state index in [0.717, 1.165) is 0 Å². The van der Waals surface area contributed by atoms with E-state index in [-0.39, 0.29) is 12.2 Å². The Morgan fingerprint density at radius 1 is 1.58 bits per heavy atom. The number of benzene rings is 1. The summed E-state index contributed by atoms with van der Waals surface area (Å²) in [4.78, 5) is 0. The number of nitriles is 1. The Balaban J connectivity index is 3.36. The van der Waals surface area contributed by atoms with Gasteiger partial charge in [0, 0.05) is 3.57 Å². The van der Waals surface area contributed by atoms with Crippen LogP contribution < -0.4 is 0 Å². The molecule has 0 aliphatic heterocycles. The Kier molecular flexibility index (Phi) is 3.00. The van der Waals surface area contributed by atoms with Gasteiger partial charge in [-0.05, 0) is 34.2 Å². The fourth-order valence-corrected chi connectivity index (χ4v) is 1.55. The van der Waals surface area contributed by atoms with E-state index in [2.05, 4.69) is 0 Å². The molecule has 0 radical (unpaired) electrons. The molecule has 0 saturated heterocycles. The second kappa shape index (κ2) is 3.83. The largest absolute Gasteiger partial charge is 0.392 e. The van der Waals surface area contributed by atoms with E-state index in [0.29, 0.717) is 9.13 Å². The average molecular weight is 277 g/mol. The van der Waals surface area contributed by atoms with Crippen molar-refractivity contribution >= 4 is 22.6 Å². The first-order valence-electron chi connectivity index (χ1n) is 3.18. The molecular formula is C8H5FINO. The van der Waals surface area contributed by atoms with Crippen molar-refractivity contribution in [1.82, 2.24) is 0 Å². The molecule has 0 saturated carbocycles. The molecule has 0 heterocycles. The third kappa shape index (κ3) is 1.57. The molecule has 0 aromatic heterocycles. The minimum atomic E-state index is -0.542. The quantitative estimate of drug-likeness (QED) is 0.795. The van der Waals surface area contributed by atoms with E-state index in [9.17, 15) is 4.39 Å². The summed E-state index contributed by atoms with van der Waals surface area (Å²) in [5, 5.41) is 17.3. The van der Waals surface area contributed by atoms with Crippen molar-refractivity contribution in [3.05, 3.63) is 32.6 Å². The monoisotopic (exact) mass is 277 g/mol. The Morgan fingerprint density at radius 3 is 2.75 bits per heavy atom. The summed E-state index contributed by atoms with van der Waals surface area (Å²) in [6, 6.07) is 4.40. The third-order valence-electron chi connectivity index (χ3n) is 1.45. The zero-order valence-corrected chi connectivity index (χ0v) is 8.17. The maximum atomic E-state index is 12.9. The minimum Gasteiger partial charge on any atom is -0.392 e. The fourth-order valence-electron chi connectivity index (χ4n) is 0.820. The summed E-state index contributed by atoms with van der Waals surface area (Å²) in [6.45, 7) is -0.173. The first-order chi connectivity index (χ1) is 5.70. The topological polar surface area (TPSA) is 44.0 Å². The van der Waals surface area contributed by atoms with Crippen molar-refractivity contribution in [3.63, 3.8) is 0 Å². The molecule has 0 amide bonds. The summed E-state index contributed by atoms with van der Waals surface area (Å²) in [6.07, 6.45) is 0. The second-order valence-electron chi connectivity index (χ2n) is 2.17. The lowest BCUT2D eigenvalue weighted by molar-refractivity contribution is 0.280. The number of nitrogens with zero attached hydrogens (tertiary/aromatic N) is 1. The van der Waals surface area contributed by atoms with Crippen molar-refractivity contribution in [2.24, 2.45) is 0 Å². The summed E-state index contributed by atoms with van der Waals surface area (Å²) < 4.78 is 13.3. The van der Waals surface area contributed by atoms with Crippen molar-refractivity contribution in [3.8, 4) is 6.07 Å². The molecule has 4 heteroatoms. The first-order valence-corrected chi connectivity index (χ1v) is 4.26. The predicted molar refractivity (Wildman–Crippen MR) is 49.8 cm³/mol. The molecule has 1 aromatic carbocycles. The molecule has 1 rings (SSSR count). The molecule has 0 spiro atoms. The highest BCUT2D eigenvalue weighted by molar-refractivity contribution is 14.1. The second-order valence-corrected chi connectivity index (χ2v) is 3.24. The molecule has 12 heavy (non-hydrogen) atoms. The molecule has 0 bridgehead atoms. The lowest BCUT2D eigenvalue weighted by atomic mass is 10.1. The van der Waals surface area contributed by atoms with E-state index in [1.165, 1.54) is 12.1 Å². The lowest BCUT2D eigenvalue weighted by Crippen LogP contribution is -1.95. The Hall–Kier alpha value is -0.670. The van der Waals surface area contributed by atoms with Crippen molar-refractivity contribution in [2.75, 3.05) is 0 Å². The zero-order valence-electron chi connectivity index (χ0n) is 6.01. The summed E-state index contributed by atoms with van der Waals surface area (Å²) >= 11 is 1.84. The molecule has 0 unspecified atom stereocenters. The van der Waals surface area contributed by atoms with Gasteiger partial charge in [-0.25, -0.2) is 4.39 Å². The molecule has 62 valence electrons. The van der Waals surface area contributed by atoms with Crippen LogP contribution in [0.2, 0.25) is 0 Å². The third-order valence-corrected chi connectivity index (χ3v) is 2.69. The number of hydrogen-bond donors (Lipinski definition) is 1. The van der Waals surface area contributed by atoms with Gasteiger partial charge < -0.3 is 5.11 Å². The van der Waals surface area contributed by atoms with Crippen LogP contribution in [0, 0.1) is 20.7 Å². The van der Waals surface area contributed by atoms with Crippen LogP contribution in [0.5, 0.6) is 0 Å². The molecule has 1 aromatic rings. The minimum absolute atomic E-state index is 0.00199. The van der Waals surface area contributed by atoms with Crippen LogP contribution in [0.3, 0.4) is 0 Å². The standard InChI is InChI=1S/C8H5FINO/c9-7-2-1-5(4-12)8(10)6(7)3-11/h1-2,12H,4H2. The predicted octanol–water partition coefficient (Wildman–Crippen LogP) is 1.79. The van der Waals surface area contributed by atoms with Gasteiger partial charge in [0.25, 0.3) is 0 Å². The van der Waals surface area contributed by atoms with Gasteiger partial charge >= 0.3 is 0 Å². The van der Waals surface area contributed by atoms with Crippen LogP contribution in [0.25, 0.3) is 0 Å². The maximum Gasteiger partial charge on any atom is 0.142 e. The molecule has 2 nitrogen and oxygen atoms in total. The van der Waals surface area contributed by atoms with Gasteiger partial charge in [0.1, 0.15) is 17.4 Å². The Morgan fingerprint density at radius 2 is 2.25 bits per heavy atom. The molecular weight excluding hydrogens is 272 g/mol. The van der Waals surface area contributed by atoms with E-state index < -0.39 is 5.82 Å². The maximum absolute atomic E-state index is 12.9. The Bertz CT molecular complexity index is 346. The fraction of sp³-hybridized carbons (Fsp3) is 0.125. The van der Waals surface area contributed by atoms with Gasteiger partial charge in [0.2, 0.25) is 0 Å². The molecule has 0 aliphatic carbocycles. The van der Waals surface area contributed by atoms with Crippen LogP contribution in [-0.4, -0.2) is 5.11 Å². The summed E-state index contributed by atoms with van der Waals surface area (Å²) in [5.41, 5.74) is 0.579.